The Kier molecular flexibility index (Phi) is 6.06. The highest BCUT2D eigenvalue weighted by atomic mass is 16.5. The Labute approximate surface area is 213 Å². The first kappa shape index (κ1) is 24.3. The SMILES string of the molecule is CC(C)(O)C(C)(C)O[B]C1CCC2OC3CCCC=C3C3(C4=C(C=CCC4)C4=C3CCCC4)C2C1. The van der Waals surface area contributed by atoms with E-state index in [9.17, 15) is 5.11 Å². The summed E-state index contributed by atoms with van der Waals surface area (Å²) in [6.07, 6.45) is 22.7. The highest BCUT2D eigenvalue weighted by Gasteiger charge is 2.61. The zero-order chi connectivity index (χ0) is 24.4. The fraction of sp³-hybridized carbons (Fsp3) is 0.742. The fourth-order valence-corrected chi connectivity index (χ4v) is 8.13. The van der Waals surface area contributed by atoms with Crippen LogP contribution in [0.3, 0.4) is 0 Å². The molecular formula is C31H44BO3. The van der Waals surface area contributed by atoms with Crippen LogP contribution in [0.15, 0.2) is 46.1 Å². The predicted molar refractivity (Wildman–Crippen MR) is 142 cm³/mol. The lowest BCUT2D eigenvalue weighted by Gasteiger charge is -2.58. The Bertz CT molecular complexity index is 993. The molecule has 4 heteroatoms. The van der Waals surface area contributed by atoms with E-state index in [-0.39, 0.29) is 5.41 Å². The van der Waals surface area contributed by atoms with Crippen LogP contribution in [0.25, 0.3) is 0 Å². The standard InChI is InChI=1S/C31H44BO3/c1-29(2,33)30(3,4)35-32-20-17-18-28-26(19-20)31(25-15-9-10-16-27(25)34-28)23-13-7-5-11-21(23)22-12-6-8-14-24(22)31/h5,11,15,20,26-28,33H,6-10,12-14,16-19H2,1-4H3. The van der Waals surface area contributed by atoms with Crippen molar-refractivity contribution >= 4 is 7.48 Å². The molecule has 0 aromatic carbocycles. The highest BCUT2D eigenvalue weighted by molar-refractivity contribution is 6.29. The van der Waals surface area contributed by atoms with Crippen molar-refractivity contribution in [2.24, 2.45) is 11.3 Å². The fourth-order valence-electron chi connectivity index (χ4n) is 8.13. The normalized spacial score (nSPS) is 37.0. The van der Waals surface area contributed by atoms with E-state index in [1.807, 2.05) is 27.7 Å². The molecular weight excluding hydrogens is 431 g/mol. The van der Waals surface area contributed by atoms with Gasteiger partial charge >= 0.3 is 0 Å². The number of allylic oxidation sites excluding steroid dienone is 7. The van der Waals surface area contributed by atoms with Crippen LogP contribution >= 0.6 is 0 Å². The average Bonchev–Trinajstić information content (AvgIpc) is 3.14. The van der Waals surface area contributed by atoms with Crippen LogP contribution in [-0.2, 0) is 9.39 Å². The molecule has 1 radical (unpaired) electrons. The summed E-state index contributed by atoms with van der Waals surface area (Å²) in [5.41, 5.74) is 7.09. The molecule has 5 unspecified atom stereocenters. The maximum atomic E-state index is 10.6. The summed E-state index contributed by atoms with van der Waals surface area (Å²) < 4.78 is 13.3. The Balaban J connectivity index is 1.40. The first-order valence-electron chi connectivity index (χ1n) is 14.5. The molecule has 3 nitrogen and oxygen atoms in total. The molecule has 0 aromatic rings. The van der Waals surface area contributed by atoms with Crippen LogP contribution < -0.4 is 0 Å². The van der Waals surface area contributed by atoms with Gasteiger partial charge < -0.3 is 14.5 Å². The molecule has 0 amide bonds. The number of hydrogen-bond acceptors (Lipinski definition) is 3. The van der Waals surface area contributed by atoms with Gasteiger partial charge in [-0.25, -0.2) is 0 Å². The third-order valence-electron chi connectivity index (χ3n) is 10.5. The number of hydrogen-bond donors (Lipinski definition) is 1. The predicted octanol–water partition coefficient (Wildman–Crippen LogP) is 7.16. The van der Waals surface area contributed by atoms with Gasteiger partial charge in [0.2, 0.25) is 0 Å². The lowest BCUT2D eigenvalue weighted by atomic mass is 9.50. The Morgan fingerprint density at radius 3 is 2.66 bits per heavy atom. The number of aliphatic hydroxyl groups is 1. The van der Waals surface area contributed by atoms with Crippen LogP contribution in [0, 0.1) is 11.3 Å². The van der Waals surface area contributed by atoms with E-state index in [0.29, 0.717) is 23.9 Å². The summed E-state index contributed by atoms with van der Waals surface area (Å²) in [6.45, 7) is 7.69. The summed E-state index contributed by atoms with van der Waals surface area (Å²) in [7, 11) is 2.09. The Morgan fingerprint density at radius 2 is 1.83 bits per heavy atom. The maximum Gasteiger partial charge on any atom is 0.296 e. The van der Waals surface area contributed by atoms with Crippen molar-refractivity contribution in [2.75, 3.05) is 0 Å². The number of fused-ring (bicyclic) bond motifs is 7. The van der Waals surface area contributed by atoms with Crippen molar-refractivity contribution in [2.45, 2.75) is 134 Å². The molecule has 6 rings (SSSR count). The van der Waals surface area contributed by atoms with Gasteiger partial charge in [-0.15, -0.1) is 0 Å². The molecule has 0 bridgehead atoms. The van der Waals surface area contributed by atoms with Gasteiger partial charge in [-0.05, 0) is 126 Å². The molecule has 35 heavy (non-hydrogen) atoms. The molecule has 1 spiro atoms. The van der Waals surface area contributed by atoms with Gasteiger partial charge in [-0.3, -0.25) is 0 Å². The zero-order valence-electron chi connectivity index (χ0n) is 22.4. The minimum absolute atomic E-state index is 0.0993. The van der Waals surface area contributed by atoms with Gasteiger partial charge in [0.25, 0.3) is 7.48 Å². The highest BCUT2D eigenvalue weighted by Crippen LogP contribution is 2.68. The first-order valence-corrected chi connectivity index (χ1v) is 14.5. The average molecular weight is 476 g/mol. The van der Waals surface area contributed by atoms with Gasteiger partial charge in [-0.2, -0.15) is 0 Å². The van der Waals surface area contributed by atoms with E-state index >= 15 is 0 Å². The van der Waals surface area contributed by atoms with Crippen LogP contribution in [-0.4, -0.2) is 36.0 Å². The molecule has 189 valence electrons. The van der Waals surface area contributed by atoms with Gasteiger partial charge in [0.15, 0.2) is 0 Å². The third kappa shape index (κ3) is 3.72. The summed E-state index contributed by atoms with van der Waals surface area (Å²) in [6, 6.07) is 0. The molecule has 6 aliphatic rings. The van der Waals surface area contributed by atoms with Crippen molar-refractivity contribution in [1.29, 1.82) is 0 Å². The van der Waals surface area contributed by atoms with E-state index in [0.717, 1.165) is 19.3 Å². The molecule has 5 aliphatic carbocycles. The summed E-state index contributed by atoms with van der Waals surface area (Å²) in [4.78, 5) is 0. The topological polar surface area (TPSA) is 38.7 Å². The van der Waals surface area contributed by atoms with Crippen molar-refractivity contribution < 1.29 is 14.5 Å². The summed E-state index contributed by atoms with van der Waals surface area (Å²) in [5.74, 6) is 0.893. The summed E-state index contributed by atoms with van der Waals surface area (Å²) >= 11 is 0. The smallest absolute Gasteiger partial charge is 0.296 e. The van der Waals surface area contributed by atoms with Gasteiger partial charge in [0.05, 0.1) is 23.4 Å². The lowest BCUT2D eigenvalue weighted by molar-refractivity contribution is -0.113. The second-order valence-electron chi connectivity index (χ2n) is 13.1. The van der Waals surface area contributed by atoms with E-state index in [1.165, 1.54) is 57.8 Å². The Morgan fingerprint density at radius 1 is 1.00 bits per heavy atom. The van der Waals surface area contributed by atoms with Crippen molar-refractivity contribution in [3.05, 3.63) is 46.1 Å². The molecule has 1 aliphatic heterocycles. The first-order chi connectivity index (χ1) is 16.7. The minimum atomic E-state index is -0.891. The quantitative estimate of drug-likeness (QED) is 0.347. The molecule has 0 aromatic heterocycles. The maximum absolute atomic E-state index is 10.6. The van der Waals surface area contributed by atoms with Crippen molar-refractivity contribution in [1.82, 2.24) is 0 Å². The van der Waals surface area contributed by atoms with Gasteiger partial charge in [0.1, 0.15) is 0 Å². The molecule has 2 fully saturated rings. The zero-order valence-corrected chi connectivity index (χ0v) is 22.4. The van der Waals surface area contributed by atoms with Gasteiger partial charge in [0, 0.05) is 11.3 Å². The Hall–Kier alpha value is -1.10. The van der Waals surface area contributed by atoms with Gasteiger partial charge in [-0.1, -0.05) is 30.2 Å². The lowest BCUT2D eigenvalue weighted by Crippen LogP contribution is -2.55. The van der Waals surface area contributed by atoms with E-state index in [4.69, 9.17) is 9.39 Å². The largest absolute Gasteiger partial charge is 0.433 e. The van der Waals surface area contributed by atoms with E-state index in [1.54, 1.807) is 27.9 Å². The van der Waals surface area contributed by atoms with Crippen LogP contribution in [0.1, 0.15) is 105 Å². The second kappa shape index (κ2) is 8.74. The van der Waals surface area contributed by atoms with Crippen molar-refractivity contribution in [3.63, 3.8) is 0 Å². The number of ether oxygens (including phenoxy) is 1. The van der Waals surface area contributed by atoms with Crippen LogP contribution in [0.4, 0.5) is 0 Å². The van der Waals surface area contributed by atoms with E-state index < -0.39 is 11.2 Å². The van der Waals surface area contributed by atoms with Crippen LogP contribution in [0.5, 0.6) is 0 Å². The third-order valence-corrected chi connectivity index (χ3v) is 10.5. The molecule has 1 saturated carbocycles. The van der Waals surface area contributed by atoms with Crippen molar-refractivity contribution in [3.8, 4) is 0 Å². The molecule has 5 atom stereocenters. The second-order valence-corrected chi connectivity index (χ2v) is 13.1. The summed E-state index contributed by atoms with van der Waals surface area (Å²) in [5, 5.41) is 10.6. The minimum Gasteiger partial charge on any atom is -0.433 e. The monoisotopic (exact) mass is 475 g/mol. The number of rotatable bonds is 4. The molecule has 1 N–H and O–H groups in total. The molecule has 1 saturated heterocycles. The molecule has 1 heterocycles. The van der Waals surface area contributed by atoms with Crippen LogP contribution in [0.2, 0.25) is 5.82 Å². The van der Waals surface area contributed by atoms with E-state index in [2.05, 4.69) is 25.7 Å².